The van der Waals surface area contributed by atoms with Gasteiger partial charge < -0.3 is 14.7 Å². The van der Waals surface area contributed by atoms with Crippen LogP contribution in [0.4, 0.5) is 11.4 Å². The Morgan fingerprint density at radius 2 is 2.21 bits per heavy atom. The number of rotatable bonds is 5. The molecule has 1 N–H and O–H groups in total. The highest BCUT2D eigenvalue weighted by atomic mass is 16.6. The Kier molecular flexibility index (Phi) is 3.61. The average Bonchev–Trinajstić information content (AvgIpc) is 2.32. The normalized spacial score (nSPS) is 16.9. The molecule has 0 aromatic heterocycles. The second-order valence-electron chi connectivity index (χ2n) is 5.11. The molecule has 0 aliphatic carbocycles. The predicted molar refractivity (Wildman–Crippen MR) is 71.7 cm³/mol. The lowest BCUT2D eigenvalue weighted by Crippen LogP contribution is -2.60. The van der Waals surface area contributed by atoms with Crippen LogP contribution in [-0.4, -0.2) is 35.3 Å². The first-order chi connectivity index (χ1) is 8.93. The largest absolute Gasteiger partial charge is 0.487 e. The lowest BCUT2D eigenvalue weighted by atomic mass is 9.96. The van der Waals surface area contributed by atoms with Crippen molar-refractivity contribution in [2.24, 2.45) is 0 Å². The third kappa shape index (κ3) is 2.96. The molecule has 1 aliphatic rings. The van der Waals surface area contributed by atoms with E-state index in [2.05, 4.69) is 0 Å². The summed E-state index contributed by atoms with van der Waals surface area (Å²) in [6.45, 7) is 5.21. The molecule has 1 saturated heterocycles. The molecule has 0 bridgehead atoms. The number of anilines is 1. The van der Waals surface area contributed by atoms with Crippen LogP contribution in [0.25, 0.3) is 0 Å². The van der Waals surface area contributed by atoms with Gasteiger partial charge in [0.1, 0.15) is 0 Å². The van der Waals surface area contributed by atoms with Gasteiger partial charge in [0.05, 0.1) is 17.1 Å². The standard InChI is InChI=1S/C13H18N2O4/c1-3-6-19-12-7-10(4-5-11(12)15(17)18)14-8-13(2,16)9-14/h4-5,7,16H,3,6,8-9H2,1-2H3. The highest BCUT2D eigenvalue weighted by Gasteiger charge is 2.37. The average molecular weight is 266 g/mol. The summed E-state index contributed by atoms with van der Waals surface area (Å²) in [5, 5.41) is 20.6. The summed E-state index contributed by atoms with van der Waals surface area (Å²) in [6, 6.07) is 4.81. The first-order valence-electron chi connectivity index (χ1n) is 6.31. The molecule has 0 amide bonds. The Balaban J connectivity index is 2.20. The second-order valence-corrected chi connectivity index (χ2v) is 5.11. The Labute approximate surface area is 111 Å². The summed E-state index contributed by atoms with van der Waals surface area (Å²) in [5.74, 6) is 0.288. The highest BCUT2D eigenvalue weighted by molar-refractivity contribution is 5.60. The number of nitrogens with zero attached hydrogens (tertiary/aromatic N) is 2. The molecule has 6 heteroatoms. The third-order valence-corrected chi connectivity index (χ3v) is 3.03. The zero-order valence-electron chi connectivity index (χ0n) is 11.1. The van der Waals surface area contributed by atoms with E-state index in [1.165, 1.54) is 6.07 Å². The molecule has 1 aromatic rings. The Hall–Kier alpha value is -1.82. The maximum atomic E-state index is 10.9. The number of nitro benzene ring substituents is 1. The molecule has 0 saturated carbocycles. The van der Waals surface area contributed by atoms with Gasteiger partial charge in [0.15, 0.2) is 5.75 Å². The van der Waals surface area contributed by atoms with Crippen LogP contribution < -0.4 is 9.64 Å². The van der Waals surface area contributed by atoms with Gasteiger partial charge in [0.2, 0.25) is 0 Å². The number of hydrogen-bond donors (Lipinski definition) is 1. The van der Waals surface area contributed by atoms with E-state index in [-0.39, 0.29) is 11.4 Å². The van der Waals surface area contributed by atoms with Crippen molar-refractivity contribution in [2.75, 3.05) is 24.6 Å². The van der Waals surface area contributed by atoms with Gasteiger partial charge in [0, 0.05) is 30.9 Å². The maximum absolute atomic E-state index is 10.9. The Morgan fingerprint density at radius 1 is 1.53 bits per heavy atom. The van der Waals surface area contributed by atoms with Gasteiger partial charge in [-0.15, -0.1) is 0 Å². The zero-order valence-corrected chi connectivity index (χ0v) is 11.1. The monoisotopic (exact) mass is 266 g/mol. The van der Waals surface area contributed by atoms with Gasteiger partial charge >= 0.3 is 5.69 Å². The Morgan fingerprint density at radius 3 is 2.74 bits per heavy atom. The van der Waals surface area contributed by atoms with Crippen LogP contribution in [0.1, 0.15) is 20.3 Å². The van der Waals surface area contributed by atoms with Crippen molar-refractivity contribution in [1.82, 2.24) is 0 Å². The molecule has 1 heterocycles. The number of β-amino-alcohol motifs (C(OH)–C–C–N with tert-alkyl or cyclic N) is 1. The van der Waals surface area contributed by atoms with Crippen LogP contribution in [0, 0.1) is 10.1 Å². The first kappa shape index (κ1) is 13.6. The zero-order chi connectivity index (χ0) is 14.0. The minimum absolute atomic E-state index is 0.0236. The highest BCUT2D eigenvalue weighted by Crippen LogP contribution is 2.35. The molecular weight excluding hydrogens is 248 g/mol. The number of hydrogen-bond acceptors (Lipinski definition) is 5. The summed E-state index contributed by atoms with van der Waals surface area (Å²) in [6.07, 6.45) is 0.791. The van der Waals surface area contributed by atoms with Crippen molar-refractivity contribution >= 4 is 11.4 Å². The van der Waals surface area contributed by atoms with E-state index in [0.29, 0.717) is 19.7 Å². The van der Waals surface area contributed by atoms with Crippen LogP contribution in [0.5, 0.6) is 5.75 Å². The lowest BCUT2D eigenvalue weighted by molar-refractivity contribution is -0.385. The van der Waals surface area contributed by atoms with Crippen molar-refractivity contribution < 1.29 is 14.8 Å². The van der Waals surface area contributed by atoms with Crippen molar-refractivity contribution in [3.8, 4) is 5.75 Å². The van der Waals surface area contributed by atoms with Gasteiger partial charge in [-0.2, -0.15) is 0 Å². The van der Waals surface area contributed by atoms with E-state index < -0.39 is 10.5 Å². The maximum Gasteiger partial charge on any atom is 0.311 e. The SMILES string of the molecule is CCCOc1cc(N2CC(C)(O)C2)ccc1[N+](=O)[O-]. The molecular formula is C13H18N2O4. The van der Waals surface area contributed by atoms with E-state index in [1.807, 2.05) is 11.8 Å². The molecule has 1 fully saturated rings. The van der Waals surface area contributed by atoms with Gasteiger partial charge in [-0.1, -0.05) is 6.92 Å². The number of ether oxygens (including phenoxy) is 1. The number of aliphatic hydroxyl groups is 1. The minimum Gasteiger partial charge on any atom is -0.487 e. The van der Waals surface area contributed by atoms with Crippen molar-refractivity contribution in [3.05, 3.63) is 28.3 Å². The summed E-state index contributed by atoms with van der Waals surface area (Å²) >= 11 is 0. The molecule has 104 valence electrons. The molecule has 0 atom stereocenters. The number of benzene rings is 1. The van der Waals surface area contributed by atoms with Crippen molar-refractivity contribution in [2.45, 2.75) is 25.9 Å². The van der Waals surface area contributed by atoms with Gasteiger partial charge in [-0.25, -0.2) is 0 Å². The summed E-state index contributed by atoms with van der Waals surface area (Å²) in [4.78, 5) is 12.4. The summed E-state index contributed by atoms with van der Waals surface area (Å²) < 4.78 is 5.43. The van der Waals surface area contributed by atoms with E-state index in [1.54, 1.807) is 19.1 Å². The molecule has 0 radical (unpaired) electrons. The van der Waals surface area contributed by atoms with Crippen LogP contribution in [0.2, 0.25) is 0 Å². The minimum atomic E-state index is -0.674. The number of nitro groups is 1. The topological polar surface area (TPSA) is 75.8 Å². The van der Waals surface area contributed by atoms with Crippen LogP contribution in [-0.2, 0) is 0 Å². The molecule has 1 aliphatic heterocycles. The van der Waals surface area contributed by atoms with Crippen LogP contribution in [0.15, 0.2) is 18.2 Å². The van der Waals surface area contributed by atoms with E-state index in [4.69, 9.17) is 4.74 Å². The lowest BCUT2D eigenvalue weighted by Gasteiger charge is -2.45. The van der Waals surface area contributed by atoms with Gasteiger partial charge in [-0.05, 0) is 19.4 Å². The molecule has 6 nitrogen and oxygen atoms in total. The summed E-state index contributed by atoms with van der Waals surface area (Å²) in [7, 11) is 0. The van der Waals surface area contributed by atoms with E-state index >= 15 is 0 Å². The molecule has 19 heavy (non-hydrogen) atoms. The van der Waals surface area contributed by atoms with Crippen molar-refractivity contribution in [1.29, 1.82) is 0 Å². The molecule has 0 unspecified atom stereocenters. The third-order valence-electron chi connectivity index (χ3n) is 3.03. The van der Waals surface area contributed by atoms with Crippen LogP contribution in [0.3, 0.4) is 0 Å². The molecule has 0 spiro atoms. The van der Waals surface area contributed by atoms with Gasteiger partial charge in [-0.3, -0.25) is 10.1 Å². The predicted octanol–water partition coefficient (Wildman–Crippen LogP) is 1.95. The summed E-state index contributed by atoms with van der Waals surface area (Å²) in [5.41, 5.74) is 0.138. The fraction of sp³-hybridized carbons (Fsp3) is 0.538. The van der Waals surface area contributed by atoms with Crippen molar-refractivity contribution in [3.63, 3.8) is 0 Å². The quantitative estimate of drug-likeness (QED) is 0.651. The molecule has 1 aromatic carbocycles. The van der Waals surface area contributed by atoms with Crippen LogP contribution >= 0.6 is 0 Å². The fourth-order valence-electron chi connectivity index (χ4n) is 2.14. The molecule has 2 rings (SSSR count). The smallest absolute Gasteiger partial charge is 0.311 e. The Bertz CT molecular complexity index is 480. The second kappa shape index (κ2) is 5.05. The van der Waals surface area contributed by atoms with E-state index in [9.17, 15) is 15.2 Å². The van der Waals surface area contributed by atoms with Gasteiger partial charge in [0.25, 0.3) is 0 Å². The van der Waals surface area contributed by atoms with E-state index in [0.717, 1.165) is 12.1 Å². The first-order valence-corrected chi connectivity index (χ1v) is 6.31. The fourth-order valence-corrected chi connectivity index (χ4v) is 2.14.